The van der Waals surface area contributed by atoms with Crippen molar-refractivity contribution < 1.29 is 19.1 Å². The molecule has 0 aromatic carbocycles. The standard InChI is InChI=1S/C8H15N3O2.C6H10O2.C4H10.C2H6/c1-10-5-7(12)11-4-2-3-6(11)8(9)13;7-5-8-6-3-1-2-4-6;1-4(2)3;1-2/h6,10H,2-5H2,1H3,(H2,9,13);5-6H,1-4H2;4H,1-3H3;1-2H3/t6-;;;/m0.../s1. The largest absolute Gasteiger partial charge is 0.465 e. The molecule has 1 heterocycles. The van der Waals surface area contributed by atoms with Crippen LogP contribution < -0.4 is 11.1 Å². The number of hydrogen-bond acceptors (Lipinski definition) is 5. The van der Waals surface area contributed by atoms with Crippen molar-refractivity contribution >= 4 is 18.3 Å². The van der Waals surface area contributed by atoms with Crippen LogP contribution in [0, 0.1) is 5.92 Å². The Balaban J connectivity index is 0. The van der Waals surface area contributed by atoms with Crippen LogP contribution in [-0.4, -0.2) is 55.5 Å². The lowest BCUT2D eigenvalue weighted by Gasteiger charge is -2.21. The maximum atomic E-state index is 11.4. The SMILES string of the molecule is CC.CC(C)C.CNCC(=O)N1CCC[C@H]1C(N)=O.O=COC1CCCC1. The highest BCUT2D eigenvalue weighted by atomic mass is 16.5. The molecule has 7 nitrogen and oxygen atoms in total. The van der Waals surface area contributed by atoms with Crippen molar-refractivity contribution in [2.75, 3.05) is 20.1 Å². The summed E-state index contributed by atoms with van der Waals surface area (Å²) in [4.78, 5) is 33.6. The van der Waals surface area contributed by atoms with Crippen molar-refractivity contribution in [3.63, 3.8) is 0 Å². The summed E-state index contributed by atoms with van der Waals surface area (Å²) < 4.78 is 4.72. The van der Waals surface area contributed by atoms with Crippen LogP contribution in [-0.2, 0) is 19.1 Å². The van der Waals surface area contributed by atoms with E-state index in [1.165, 1.54) is 12.8 Å². The molecule has 0 aromatic rings. The summed E-state index contributed by atoms with van der Waals surface area (Å²) in [6.07, 6.45) is 6.38. The number of rotatable bonds is 5. The summed E-state index contributed by atoms with van der Waals surface area (Å²) in [7, 11) is 1.70. The number of primary amides is 1. The van der Waals surface area contributed by atoms with E-state index in [4.69, 9.17) is 10.5 Å². The topological polar surface area (TPSA) is 102 Å². The summed E-state index contributed by atoms with van der Waals surface area (Å²) in [6.45, 7) is 12.0. The molecule has 27 heavy (non-hydrogen) atoms. The van der Waals surface area contributed by atoms with Gasteiger partial charge in [-0.25, -0.2) is 0 Å². The van der Waals surface area contributed by atoms with Gasteiger partial charge < -0.3 is 20.7 Å². The number of carbonyl (C=O) groups excluding carboxylic acids is 3. The van der Waals surface area contributed by atoms with Crippen molar-refractivity contribution in [1.82, 2.24) is 10.2 Å². The average molecular weight is 388 g/mol. The molecule has 1 saturated heterocycles. The van der Waals surface area contributed by atoms with Gasteiger partial charge in [-0.3, -0.25) is 14.4 Å². The maximum Gasteiger partial charge on any atom is 0.293 e. The van der Waals surface area contributed by atoms with Crippen LogP contribution in [0.3, 0.4) is 0 Å². The van der Waals surface area contributed by atoms with Gasteiger partial charge in [0.25, 0.3) is 6.47 Å². The Bertz CT molecular complexity index is 394. The molecule has 2 aliphatic rings. The lowest BCUT2D eigenvalue weighted by molar-refractivity contribution is -0.136. The highest BCUT2D eigenvalue weighted by Crippen LogP contribution is 2.19. The number of amides is 2. The lowest BCUT2D eigenvalue weighted by Crippen LogP contribution is -2.46. The Kier molecular flexibility index (Phi) is 18.2. The first kappa shape index (κ1) is 27.6. The van der Waals surface area contributed by atoms with Gasteiger partial charge in [-0.05, 0) is 51.5 Å². The second-order valence-corrected chi connectivity index (χ2v) is 7.05. The van der Waals surface area contributed by atoms with Crippen LogP contribution in [0.4, 0.5) is 0 Å². The van der Waals surface area contributed by atoms with E-state index in [9.17, 15) is 14.4 Å². The normalized spacial score (nSPS) is 18.3. The van der Waals surface area contributed by atoms with Crippen molar-refractivity contribution in [3.05, 3.63) is 0 Å². The van der Waals surface area contributed by atoms with Crippen LogP contribution >= 0.6 is 0 Å². The number of likely N-dealkylation sites (tertiary alicyclic amines) is 1. The number of nitrogens with one attached hydrogen (secondary N) is 1. The number of nitrogens with two attached hydrogens (primary N) is 1. The average Bonchev–Trinajstić information content (AvgIpc) is 3.29. The number of ether oxygens (including phenoxy) is 1. The second kappa shape index (κ2) is 17.8. The Hall–Kier alpha value is -1.63. The minimum absolute atomic E-state index is 0.0520. The smallest absolute Gasteiger partial charge is 0.293 e. The third kappa shape index (κ3) is 14.1. The summed E-state index contributed by atoms with van der Waals surface area (Å²) in [5.41, 5.74) is 5.17. The van der Waals surface area contributed by atoms with Crippen LogP contribution in [0.5, 0.6) is 0 Å². The third-order valence-corrected chi connectivity index (χ3v) is 3.78. The van der Waals surface area contributed by atoms with E-state index in [0.29, 0.717) is 19.4 Å². The summed E-state index contributed by atoms with van der Waals surface area (Å²) >= 11 is 0. The quantitative estimate of drug-likeness (QED) is 0.706. The molecular formula is C20H41N3O4. The number of hydrogen-bond donors (Lipinski definition) is 2. The minimum Gasteiger partial charge on any atom is -0.465 e. The molecule has 0 radical (unpaired) electrons. The van der Waals surface area contributed by atoms with Gasteiger partial charge >= 0.3 is 0 Å². The van der Waals surface area contributed by atoms with Gasteiger partial charge in [-0.15, -0.1) is 0 Å². The van der Waals surface area contributed by atoms with Crippen LogP contribution in [0.25, 0.3) is 0 Å². The lowest BCUT2D eigenvalue weighted by atomic mass is 10.2. The van der Waals surface area contributed by atoms with Crippen molar-refractivity contribution in [2.24, 2.45) is 11.7 Å². The molecule has 7 heteroatoms. The molecule has 2 fully saturated rings. The molecule has 1 saturated carbocycles. The molecule has 1 atom stereocenters. The zero-order valence-corrected chi connectivity index (χ0v) is 18.1. The zero-order valence-electron chi connectivity index (χ0n) is 18.1. The molecule has 0 unspecified atom stereocenters. The van der Waals surface area contributed by atoms with E-state index in [-0.39, 0.29) is 24.6 Å². The first-order chi connectivity index (χ1) is 12.8. The fourth-order valence-electron chi connectivity index (χ4n) is 2.72. The predicted molar refractivity (Wildman–Crippen MR) is 109 cm³/mol. The highest BCUT2D eigenvalue weighted by molar-refractivity contribution is 5.87. The van der Waals surface area contributed by atoms with E-state index >= 15 is 0 Å². The van der Waals surface area contributed by atoms with E-state index in [1.807, 2.05) is 13.8 Å². The summed E-state index contributed by atoms with van der Waals surface area (Å²) in [6, 6.07) is -0.388. The first-order valence-corrected chi connectivity index (χ1v) is 10.2. The van der Waals surface area contributed by atoms with E-state index in [1.54, 1.807) is 11.9 Å². The molecule has 0 bridgehead atoms. The van der Waals surface area contributed by atoms with E-state index < -0.39 is 5.91 Å². The van der Waals surface area contributed by atoms with E-state index in [0.717, 1.165) is 25.2 Å². The second-order valence-electron chi connectivity index (χ2n) is 7.05. The Morgan fingerprint density at radius 1 is 1.15 bits per heavy atom. The molecular weight excluding hydrogens is 346 g/mol. The number of likely N-dealkylation sites (N-methyl/N-ethyl adjacent to an activating group) is 1. The van der Waals surface area contributed by atoms with Crippen molar-refractivity contribution in [1.29, 1.82) is 0 Å². The van der Waals surface area contributed by atoms with Crippen LogP contribution in [0.2, 0.25) is 0 Å². The van der Waals surface area contributed by atoms with Crippen LogP contribution in [0.1, 0.15) is 73.1 Å². The molecule has 160 valence electrons. The van der Waals surface area contributed by atoms with Gasteiger partial charge in [0.1, 0.15) is 12.1 Å². The van der Waals surface area contributed by atoms with E-state index in [2.05, 4.69) is 26.1 Å². The first-order valence-electron chi connectivity index (χ1n) is 10.2. The maximum absolute atomic E-state index is 11.4. The highest BCUT2D eigenvalue weighted by Gasteiger charge is 2.31. The molecule has 0 aromatic heterocycles. The van der Waals surface area contributed by atoms with Crippen molar-refractivity contribution in [2.45, 2.75) is 85.3 Å². The molecule has 2 rings (SSSR count). The van der Waals surface area contributed by atoms with Gasteiger partial charge in [0.15, 0.2) is 0 Å². The fraction of sp³-hybridized carbons (Fsp3) is 0.850. The molecule has 1 aliphatic heterocycles. The Morgan fingerprint density at radius 2 is 1.67 bits per heavy atom. The number of carbonyl (C=O) groups is 3. The Labute approximate surface area is 165 Å². The van der Waals surface area contributed by atoms with Crippen LogP contribution in [0.15, 0.2) is 0 Å². The van der Waals surface area contributed by atoms with Gasteiger partial charge in [0.2, 0.25) is 11.8 Å². The summed E-state index contributed by atoms with van der Waals surface area (Å²) in [5.74, 6) is 0.380. The third-order valence-electron chi connectivity index (χ3n) is 3.78. The molecule has 3 N–H and O–H groups in total. The Morgan fingerprint density at radius 3 is 2.07 bits per heavy atom. The summed E-state index contributed by atoms with van der Waals surface area (Å²) in [5, 5.41) is 2.76. The number of nitrogens with zero attached hydrogens (tertiary/aromatic N) is 1. The predicted octanol–water partition coefficient (Wildman–Crippen LogP) is 2.47. The molecule has 2 amide bonds. The van der Waals surface area contributed by atoms with Crippen molar-refractivity contribution in [3.8, 4) is 0 Å². The molecule has 0 spiro atoms. The molecule has 1 aliphatic carbocycles. The fourth-order valence-corrected chi connectivity index (χ4v) is 2.72. The monoisotopic (exact) mass is 387 g/mol. The van der Waals surface area contributed by atoms with Gasteiger partial charge in [-0.1, -0.05) is 34.6 Å². The van der Waals surface area contributed by atoms with Gasteiger partial charge in [0.05, 0.1) is 6.54 Å². The minimum atomic E-state index is -0.401. The van der Waals surface area contributed by atoms with Gasteiger partial charge in [-0.2, -0.15) is 0 Å². The van der Waals surface area contributed by atoms with Gasteiger partial charge in [0, 0.05) is 6.54 Å². The zero-order chi connectivity index (χ0) is 21.2.